The van der Waals surface area contributed by atoms with Gasteiger partial charge in [0, 0.05) is 12.2 Å². The zero-order valence-corrected chi connectivity index (χ0v) is 13.0. The van der Waals surface area contributed by atoms with E-state index in [0.29, 0.717) is 0 Å². The molecule has 1 rings (SSSR count). The zero-order chi connectivity index (χ0) is 12.3. The largest absolute Gasteiger partial charge is 0.268 e. The van der Waals surface area contributed by atoms with Gasteiger partial charge in [0.1, 0.15) is 0 Å². The van der Waals surface area contributed by atoms with Crippen LogP contribution in [0.1, 0.15) is 38.1 Å². The summed E-state index contributed by atoms with van der Waals surface area (Å²) in [6.07, 6.45) is 2.28. The topological polar surface area (TPSA) is 17.8 Å². The van der Waals surface area contributed by atoms with Gasteiger partial charge in [-0.05, 0) is 53.8 Å². The van der Waals surface area contributed by atoms with Gasteiger partial charge in [0.15, 0.2) is 0 Å². The molecular formula is C12H21BrN2S. The highest BCUT2D eigenvalue weighted by atomic mass is 79.9. The number of aryl methyl sites for hydroxylation is 1. The maximum absolute atomic E-state index is 4.57. The van der Waals surface area contributed by atoms with Crippen molar-refractivity contribution in [1.29, 1.82) is 0 Å². The predicted octanol–water partition coefficient (Wildman–Crippen LogP) is 4.00. The van der Waals surface area contributed by atoms with Gasteiger partial charge in [0.25, 0.3) is 0 Å². The zero-order valence-electron chi connectivity index (χ0n) is 10.5. The number of thiol groups is 1. The summed E-state index contributed by atoms with van der Waals surface area (Å²) in [7, 11) is 0. The second-order valence-corrected chi connectivity index (χ2v) is 5.62. The van der Waals surface area contributed by atoms with Crippen molar-refractivity contribution in [2.24, 2.45) is 5.41 Å². The molecule has 1 heterocycles. The number of rotatable bonds is 5. The Morgan fingerprint density at radius 2 is 1.88 bits per heavy atom. The second-order valence-electron chi connectivity index (χ2n) is 4.51. The Bertz CT molecular complexity index is 348. The summed E-state index contributed by atoms with van der Waals surface area (Å²) in [6.45, 7) is 9.58. The van der Waals surface area contributed by atoms with Crippen LogP contribution in [0.25, 0.3) is 0 Å². The van der Waals surface area contributed by atoms with Gasteiger partial charge in [0.05, 0.1) is 10.2 Å². The Balaban J connectivity index is 2.98. The molecule has 92 valence electrons. The number of hydrogen-bond acceptors (Lipinski definition) is 2. The Kier molecular flexibility index (Phi) is 4.92. The van der Waals surface area contributed by atoms with Crippen molar-refractivity contribution in [3.8, 4) is 0 Å². The van der Waals surface area contributed by atoms with E-state index in [4.69, 9.17) is 0 Å². The molecule has 0 aliphatic carbocycles. The molecule has 0 spiro atoms. The molecule has 1 aromatic rings. The number of nitrogens with zero attached hydrogens (tertiary/aromatic N) is 2. The van der Waals surface area contributed by atoms with Crippen molar-refractivity contribution in [1.82, 2.24) is 9.78 Å². The van der Waals surface area contributed by atoms with E-state index < -0.39 is 0 Å². The molecule has 0 saturated carbocycles. The molecule has 0 aromatic carbocycles. The van der Waals surface area contributed by atoms with Gasteiger partial charge in [-0.3, -0.25) is 4.68 Å². The Labute approximate surface area is 112 Å². The third kappa shape index (κ3) is 2.65. The van der Waals surface area contributed by atoms with E-state index in [2.05, 4.69) is 59.1 Å². The predicted molar refractivity (Wildman–Crippen MR) is 76.3 cm³/mol. The molecule has 0 aliphatic heterocycles. The van der Waals surface area contributed by atoms with E-state index in [9.17, 15) is 0 Å². The van der Waals surface area contributed by atoms with Gasteiger partial charge in [0.2, 0.25) is 0 Å². The summed E-state index contributed by atoms with van der Waals surface area (Å²) >= 11 is 8.08. The summed E-state index contributed by atoms with van der Waals surface area (Å²) in [5.74, 6) is 0.913. The highest BCUT2D eigenvalue weighted by molar-refractivity contribution is 9.10. The quantitative estimate of drug-likeness (QED) is 0.814. The molecule has 0 radical (unpaired) electrons. The standard InChI is InChI=1S/C12H21BrN2S/c1-5-12(6-2,8-16)7-15-10(4)11(13)9(3)14-15/h16H,5-8H2,1-4H3. The van der Waals surface area contributed by atoms with Crippen LogP contribution in [-0.4, -0.2) is 15.5 Å². The molecule has 0 unspecified atom stereocenters. The molecule has 0 bridgehead atoms. The van der Waals surface area contributed by atoms with Crippen LogP contribution in [0.3, 0.4) is 0 Å². The van der Waals surface area contributed by atoms with Gasteiger partial charge in [-0.1, -0.05) is 13.8 Å². The number of halogens is 1. The average Bonchev–Trinajstić information content (AvgIpc) is 2.54. The van der Waals surface area contributed by atoms with Gasteiger partial charge in [-0.15, -0.1) is 0 Å². The van der Waals surface area contributed by atoms with Crippen molar-refractivity contribution >= 4 is 28.6 Å². The van der Waals surface area contributed by atoms with E-state index in [1.54, 1.807) is 0 Å². The van der Waals surface area contributed by atoms with Crippen LogP contribution in [0.5, 0.6) is 0 Å². The van der Waals surface area contributed by atoms with Crippen LogP contribution < -0.4 is 0 Å². The lowest BCUT2D eigenvalue weighted by Gasteiger charge is -2.30. The number of hydrogen-bond donors (Lipinski definition) is 1. The lowest BCUT2D eigenvalue weighted by molar-refractivity contribution is 0.244. The van der Waals surface area contributed by atoms with Crippen molar-refractivity contribution in [2.45, 2.75) is 47.1 Å². The Hall–Kier alpha value is 0.0400. The lowest BCUT2D eigenvalue weighted by Crippen LogP contribution is -2.28. The van der Waals surface area contributed by atoms with E-state index >= 15 is 0 Å². The summed E-state index contributed by atoms with van der Waals surface area (Å²) in [4.78, 5) is 0. The van der Waals surface area contributed by atoms with Crippen LogP contribution in [0.15, 0.2) is 4.47 Å². The van der Waals surface area contributed by atoms with Crippen LogP contribution in [0, 0.1) is 19.3 Å². The van der Waals surface area contributed by atoms with Crippen LogP contribution in [0.4, 0.5) is 0 Å². The van der Waals surface area contributed by atoms with Gasteiger partial charge in [-0.25, -0.2) is 0 Å². The second kappa shape index (κ2) is 5.58. The van der Waals surface area contributed by atoms with Gasteiger partial charge in [-0.2, -0.15) is 17.7 Å². The van der Waals surface area contributed by atoms with Gasteiger partial charge < -0.3 is 0 Å². The Morgan fingerprint density at radius 1 is 1.31 bits per heavy atom. The first-order chi connectivity index (χ1) is 7.49. The third-order valence-electron chi connectivity index (χ3n) is 3.61. The third-order valence-corrected chi connectivity index (χ3v) is 5.43. The SMILES string of the molecule is CCC(CC)(CS)Cn1nc(C)c(Br)c1C. The number of aromatic nitrogens is 2. The fourth-order valence-corrected chi connectivity index (χ4v) is 2.73. The monoisotopic (exact) mass is 304 g/mol. The highest BCUT2D eigenvalue weighted by Crippen LogP contribution is 2.31. The maximum Gasteiger partial charge on any atom is 0.0738 e. The fourth-order valence-electron chi connectivity index (χ4n) is 1.89. The summed E-state index contributed by atoms with van der Waals surface area (Å²) in [6, 6.07) is 0. The maximum atomic E-state index is 4.57. The molecule has 0 fully saturated rings. The summed E-state index contributed by atoms with van der Waals surface area (Å²) in [5, 5.41) is 4.57. The van der Waals surface area contributed by atoms with Crippen LogP contribution in [-0.2, 0) is 6.54 Å². The fraction of sp³-hybridized carbons (Fsp3) is 0.750. The Morgan fingerprint density at radius 3 is 2.19 bits per heavy atom. The first-order valence-corrected chi connectivity index (χ1v) is 7.22. The molecule has 4 heteroatoms. The molecule has 0 amide bonds. The molecule has 16 heavy (non-hydrogen) atoms. The first-order valence-electron chi connectivity index (χ1n) is 5.80. The van der Waals surface area contributed by atoms with Crippen molar-refractivity contribution in [3.63, 3.8) is 0 Å². The molecule has 0 atom stereocenters. The van der Waals surface area contributed by atoms with Crippen molar-refractivity contribution in [2.75, 3.05) is 5.75 Å². The van der Waals surface area contributed by atoms with Crippen molar-refractivity contribution < 1.29 is 0 Å². The normalized spacial score (nSPS) is 12.1. The molecule has 1 aromatic heterocycles. The summed E-state index contributed by atoms with van der Waals surface area (Å²) in [5.41, 5.74) is 2.55. The lowest BCUT2D eigenvalue weighted by atomic mass is 9.84. The van der Waals surface area contributed by atoms with E-state index in [1.807, 2.05) is 6.92 Å². The molecule has 0 aliphatic rings. The van der Waals surface area contributed by atoms with Crippen LogP contribution >= 0.6 is 28.6 Å². The van der Waals surface area contributed by atoms with Crippen LogP contribution in [0.2, 0.25) is 0 Å². The van der Waals surface area contributed by atoms with Gasteiger partial charge >= 0.3 is 0 Å². The van der Waals surface area contributed by atoms with E-state index in [0.717, 1.165) is 35.3 Å². The van der Waals surface area contributed by atoms with Crippen molar-refractivity contribution in [3.05, 3.63) is 15.9 Å². The summed E-state index contributed by atoms with van der Waals surface area (Å²) < 4.78 is 3.25. The van der Waals surface area contributed by atoms with E-state index in [-0.39, 0.29) is 5.41 Å². The molecule has 0 N–H and O–H groups in total. The molecule has 0 saturated heterocycles. The molecular weight excluding hydrogens is 284 g/mol. The minimum atomic E-state index is 0.270. The van der Waals surface area contributed by atoms with E-state index in [1.165, 1.54) is 5.69 Å². The first kappa shape index (κ1) is 14.1. The smallest absolute Gasteiger partial charge is 0.0738 e. The average molecular weight is 305 g/mol. The molecule has 2 nitrogen and oxygen atoms in total. The minimum absolute atomic E-state index is 0.270. The highest BCUT2D eigenvalue weighted by Gasteiger charge is 2.26. The minimum Gasteiger partial charge on any atom is -0.268 e.